The second-order valence-electron chi connectivity index (χ2n) is 9.68. The Morgan fingerprint density at radius 3 is 2.49 bits per heavy atom. The molecule has 0 saturated carbocycles. The Morgan fingerprint density at radius 1 is 1.05 bits per heavy atom. The number of nitrogens with one attached hydrogen (secondary N) is 1. The van der Waals surface area contributed by atoms with Crippen LogP contribution in [0.4, 0.5) is 0 Å². The Morgan fingerprint density at radius 2 is 1.78 bits per heavy atom. The van der Waals surface area contributed by atoms with Gasteiger partial charge in [-0.05, 0) is 67.3 Å². The summed E-state index contributed by atoms with van der Waals surface area (Å²) >= 11 is 6.24. The van der Waals surface area contributed by atoms with Gasteiger partial charge in [-0.2, -0.15) is 0 Å². The van der Waals surface area contributed by atoms with Gasteiger partial charge in [0.15, 0.2) is 11.5 Å². The molecule has 0 spiro atoms. The van der Waals surface area contributed by atoms with Gasteiger partial charge in [-0.15, -0.1) is 0 Å². The van der Waals surface area contributed by atoms with E-state index in [9.17, 15) is 14.7 Å². The summed E-state index contributed by atoms with van der Waals surface area (Å²) in [5.41, 5.74) is 5.91. The summed E-state index contributed by atoms with van der Waals surface area (Å²) in [6, 6.07) is 15.8. The third-order valence-corrected chi connectivity index (χ3v) is 7.77. The number of aromatic nitrogens is 1. The molecule has 5 rings (SSSR count). The second kappa shape index (κ2) is 11.6. The first-order valence-electron chi connectivity index (χ1n) is 13.3. The fourth-order valence-corrected chi connectivity index (χ4v) is 5.62. The lowest BCUT2D eigenvalue weighted by atomic mass is 9.92. The monoisotopic (exact) mass is 574 g/mol. The predicted molar refractivity (Wildman–Crippen MR) is 157 cm³/mol. The largest absolute Gasteiger partial charge is 0.507 e. The van der Waals surface area contributed by atoms with E-state index in [0.717, 1.165) is 34.5 Å². The van der Waals surface area contributed by atoms with Crippen LogP contribution in [0, 0.1) is 6.92 Å². The second-order valence-corrected chi connectivity index (χ2v) is 10.1. The maximum absolute atomic E-state index is 13.6. The SMILES string of the molecule is CCOC(=O)c1c(-c2ccc(O)c(C(=O)NCc3ccccc3Cl)c2)c(C)n2c1-c1cc(OC)c(OC)cc1CC2. The number of ether oxygens (including phenoxy) is 3. The van der Waals surface area contributed by atoms with Gasteiger partial charge in [0.1, 0.15) is 5.75 Å². The first kappa shape index (κ1) is 28.1. The van der Waals surface area contributed by atoms with Crippen LogP contribution in [0.2, 0.25) is 5.02 Å². The van der Waals surface area contributed by atoms with E-state index in [0.29, 0.717) is 39.8 Å². The molecule has 2 N–H and O–H groups in total. The highest BCUT2D eigenvalue weighted by molar-refractivity contribution is 6.31. The van der Waals surface area contributed by atoms with Crippen LogP contribution in [0.25, 0.3) is 22.4 Å². The van der Waals surface area contributed by atoms with Crippen molar-refractivity contribution >= 4 is 23.5 Å². The topological polar surface area (TPSA) is 99.0 Å². The van der Waals surface area contributed by atoms with Crippen LogP contribution in [-0.2, 0) is 24.2 Å². The number of hydrogen-bond acceptors (Lipinski definition) is 6. The van der Waals surface area contributed by atoms with E-state index in [-0.39, 0.29) is 24.5 Å². The van der Waals surface area contributed by atoms with Crippen LogP contribution >= 0.6 is 11.6 Å². The van der Waals surface area contributed by atoms with Crippen LogP contribution in [-0.4, -0.2) is 42.4 Å². The van der Waals surface area contributed by atoms with Crippen LogP contribution in [0.3, 0.4) is 0 Å². The highest BCUT2D eigenvalue weighted by atomic mass is 35.5. The number of carbonyl (C=O) groups is 2. The standard InChI is InChI=1S/C32H31ClN2O6/c1-5-41-32(38)29-28(18(2)35-13-12-19-15-26(39-3)27(40-4)16-22(19)30(29)35)20-10-11-25(36)23(14-20)31(37)34-17-21-8-6-7-9-24(21)33/h6-11,14-16,36H,5,12-13,17H2,1-4H3,(H,34,37). The highest BCUT2D eigenvalue weighted by Crippen LogP contribution is 2.45. The molecule has 0 saturated heterocycles. The minimum Gasteiger partial charge on any atom is -0.507 e. The van der Waals surface area contributed by atoms with Crippen molar-refractivity contribution in [3.63, 3.8) is 0 Å². The molecule has 0 fully saturated rings. The number of carbonyl (C=O) groups excluding carboxylic acids is 2. The molecule has 0 unspecified atom stereocenters. The molecule has 2 heterocycles. The van der Waals surface area contributed by atoms with Gasteiger partial charge in [0.05, 0.1) is 37.6 Å². The Bertz CT molecular complexity index is 1660. The summed E-state index contributed by atoms with van der Waals surface area (Å²) in [7, 11) is 3.17. The molecule has 4 aromatic rings. The number of amides is 1. The van der Waals surface area contributed by atoms with Crippen molar-refractivity contribution in [2.45, 2.75) is 33.4 Å². The van der Waals surface area contributed by atoms with Gasteiger partial charge >= 0.3 is 5.97 Å². The molecule has 3 aromatic carbocycles. The van der Waals surface area contributed by atoms with E-state index >= 15 is 0 Å². The predicted octanol–water partition coefficient (Wildman–Crippen LogP) is 6.17. The number of hydrogen-bond donors (Lipinski definition) is 2. The van der Waals surface area contributed by atoms with E-state index in [1.54, 1.807) is 39.3 Å². The number of benzene rings is 3. The smallest absolute Gasteiger partial charge is 0.340 e. The zero-order valence-corrected chi connectivity index (χ0v) is 24.1. The summed E-state index contributed by atoms with van der Waals surface area (Å²) in [4.78, 5) is 26.7. The van der Waals surface area contributed by atoms with E-state index in [2.05, 4.69) is 9.88 Å². The molecule has 1 aliphatic rings. The number of phenolic OH excluding ortho intramolecular Hbond substituents is 1. The summed E-state index contributed by atoms with van der Waals surface area (Å²) in [6.45, 7) is 4.73. The van der Waals surface area contributed by atoms with Crippen molar-refractivity contribution in [2.75, 3.05) is 20.8 Å². The maximum Gasteiger partial charge on any atom is 0.340 e. The molecule has 212 valence electrons. The zero-order valence-electron chi connectivity index (χ0n) is 23.3. The summed E-state index contributed by atoms with van der Waals surface area (Å²) < 4.78 is 18.7. The number of halogens is 1. The normalized spacial score (nSPS) is 11.8. The van der Waals surface area contributed by atoms with Crippen molar-refractivity contribution in [3.8, 4) is 39.6 Å². The number of nitrogens with zero attached hydrogens (tertiary/aromatic N) is 1. The molecule has 0 radical (unpaired) electrons. The maximum atomic E-state index is 13.6. The summed E-state index contributed by atoms with van der Waals surface area (Å²) in [6.07, 6.45) is 0.727. The van der Waals surface area contributed by atoms with E-state index < -0.39 is 11.9 Å². The van der Waals surface area contributed by atoms with Gasteiger partial charge in [0.2, 0.25) is 0 Å². The molecule has 41 heavy (non-hydrogen) atoms. The Balaban J connectivity index is 1.63. The highest BCUT2D eigenvalue weighted by Gasteiger charge is 2.32. The lowest BCUT2D eigenvalue weighted by Gasteiger charge is -2.23. The van der Waals surface area contributed by atoms with Crippen molar-refractivity contribution in [2.24, 2.45) is 0 Å². The van der Waals surface area contributed by atoms with E-state index in [1.165, 1.54) is 6.07 Å². The summed E-state index contributed by atoms with van der Waals surface area (Å²) in [5.74, 6) is 0.0568. The molecular weight excluding hydrogens is 544 g/mol. The van der Waals surface area contributed by atoms with E-state index in [1.807, 2.05) is 37.3 Å². The van der Waals surface area contributed by atoms with Gasteiger partial charge in [0.25, 0.3) is 5.91 Å². The van der Waals surface area contributed by atoms with Crippen molar-refractivity contribution in [3.05, 3.63) is 87.6 Å². The Hall–Kier alpha value is -4.43. The molecule has 0 atom stereocenters. The lowest BCUT2D eigenvalue weighted by molar-refractivity contribution is 0.0528. The van der Waals surface area contributed by atoms with Gasteiger partial charge in [0, 0.05) is 34.9 Å². The number of phenols is 1. The number of methoxy groups -OCH3 is 2. The van der Waals surface area contributed by atoms with Crippen LogP contribution in [0.1, 0.15) is 44.5 Å². The molecule has 1 aliphatic heterocycles. The number of aryl methyl sites for hydroxylation is 1. The number of rotatable bonds is 8. The van der Waals surface area contributed by atoms with Gasteiger partial charge in [-0.1, -0.05) is 35.9 Å². The molecular formula is C32H31ClN2O6. The van der Waals surface area contributed by atoms with Crippen LogP contribution < -0.4 is 14.8 Å². The number of fused-ring (bicyclic) bond motifs is 3. The number of aromatic hydroxyl groups is 1. The first-order valence-corrected chi connectivity index (χ1v) is 13.7. The Labute approximate surface area is 243 Å². The lowest BCUT2D eigenvalue weighted by Crippen LogP contribution is -2.23. The fourth-order valence-electron chi connectivity index (χ4n) is 5.42. The third kappa shape index (κ3) is 5.11. The van der Waals surface area contributed by atoms with Crippen LogP contribution in [0.15, 0.2) is 54.6 Å². The van der Waals surface area contributed by atoms with Gasteiger partial charge in [-0.3, -0.25) is 4.79 Å². The Kier molecular flexibility index (Phi) is 7.94. The molecule has 8 nitrogen and oxygen atoms in total. The zero-order chi connectivity index (χ0) is 29.3. The van der Waals surface area contributed by atoms with Crippen molar-refractivity contribution in [1.82, 2.24) is 9.88 Å². The average molecular weight is 575 g/mol. The minimum atomic E-state index is -0.472. The molecule has 0 bridgehead atoms. The first-order chi connectivity index (χ1) is 19.8. The quantitative estimate of drug-likeness (QED) is 0.244. The minimum absolute atomic E-state index is 0.0831. The third-order valence-electron chi connectivity index (χ3n) is 7.40. The molecule has 0 aliphatic carbocycles. The summed E-state index contributed by atoms with van der Waals surface area (Å²) in [5, 5.41) is 14.0. The van der Waals surface area contributed by atoms with E-state index in [4.69, 9.17) is 25.8 Å². The van der Waals surface area contributed by atoms with Gasteiger partial charge in [-0.25, -0.2) is 4.79 Å². The fraction of sp³-hybridized carbons (Fsp3) is 0.250. The number of esters is 1. The molecule has 1 amide bonds. The van der Waals surface area contributed by atoms with Gasteiger partial charge < -0.3 is 29.2 Å². The molecule has 1 aromatic heterocycles. The van der Waals surface area contributed by atoms with Crippen molar-refractivity contribution in [1.29, 1.82) is 0 Å². The van der Waals surface area contributed by atoms with Crippen molar-refractivity contribution < 1.29 is 28.9 Å². The average Bonchev–Trinajstić information content (AvgIpc) is 3.28. The van der Waals surface area contributed by atoms with Crippen LogP contribution in [0.5, 0.6) is 17.2 Å². The molecule has 9 heteroatoms.